The Morgan fingerprint density at radius 3 is 3.00 bits per heavy atom. The first-order chi connectivity index (χ1) is 11.7. The number of carbonyl (C=O) groups excluding carboxylic acids is 1. The molecular weight excluding hydrogens is 310 g/mol. The van der Waals surface area contributed by atoms with Gasteiger partial charge in [0.2, 0.25) is 5.89 Å². The number of nitrogens with zero attached hydrogens (tertiary/aromatic N) is 5. The van der Waals surface area contributed by atoms with Crippen LogP contribution in [0.1, 0.15) is 41.0 Å². The molecule has 2 aliphatic heterocycles. The smallest absolute Gasteiger partial charge is 0.274 e. The number of hydrogen-bond donors (Lipinski definition) is 0. The van der Waals surface area contributed by atoms with E-state index in [2.05, 4.69) is 20.1 Å². The Balaban J connectivity index is 1.54. The van der Waals surface area contributed by atoms with Gasteiger partial charge in [-0.2, -0.15) is 4.98 Å². The molecule has 4 heterocycles. The van der Waals surface area contributed by atoms with Gasteiger partial charge in [-0.1, -0.05) is 5.16 Å². The molecule has 0 radical (unpaired) electrons. The van der Waals surface area contributed by atoms with Gasteiger partial charge in [-0.25, -0.2) is 4.98 Å². The molecule has 0 unspecified atom stereocenters. The zero-order valence-corrected chi connectivity index (χ0v) is 13.5. The van der Waals surface area contributed by atoms with Gasteiger partial charge in [0.15, 0.2) is 5.82 Å². The van der Waals surface area contributed by atoms with Crippen molar-refractivity contribution in [2.75, 3.05) is 19.7 Å². The zero-order valence-electron chi connectivity index (χ0n) is 13.5. The predicted octanol–water partition coefficient (Wildman–Crippen LogP) is 1.20. The second-order valence-electron chi connectivity index (χ2n) is 6.28. The van der Waals surface area contributed by atoms with Crippen molar-refractivity contribution in [2.45, 2.75) is 31.8 Å². The van der Waals surface area contributed by atoms with Crippen LogP contribution in [0.2, 0.25) is 0 Å². The van der Waals surface area contributed by atoms with Crippen molar-refractivity contribution in [3.05, 3.63) is 36.0 Å². The first kappa shape index (κ1) is 15.2. The molecule has 0 bridgehead atoms. The molecule has 2 fully saturated rings. The minimum Gasteiger partial charge on any atom is -0.378 e. The SMILES string of the molecule is Cc1noc([C@@H]2CCO[C@@H]3CCN(C(=O)c4cnccn4)C[C@@H]32)n1. The number of hydrogen-bond acceptors (Lipinski definition) is 7. The zero-order chi connectivity index (χ0) is 16.5. The highest BCUT2D eigenvalue weighted by Crippen LogP contribution is 2.39. The van der Waals surface area contributed by atoms with E-state index in [-0.39, 0.29) is 23.8 Å². The van der Waals surface area contributed by atoms with Crippen LogP contribution >= 0.6 is 0 Å². The highest BCUT2D eigenvalue weighted by atomic mass is 16.5. The quantitative estimate of drug-likeness (QED) is 0.817. The summed E-state index contributed by atoms with van der Waals surface area (Å²) in [5.74, 6) is 1.49. The van der Waals surface area contributed by atoms with Crippen molar-refractivity contribution in [1.29, 1.82) is 0 Å². The van der Waals surface area contributed by atoms with E-state index < -0.39 is 0 Å². The lowest BCUT2D eigenvalue weighted by atomic mass is 9.79. The first-order valence-electron chi connectivity index (χ1n) is 8.19. The average molecular weight is 329 g/mol. The number of ether oxygens (including phenoxy) is 1. The van der Waals surface area contributed by atoms with E-state index >= 15 is 0 Å². The summed E-state index contributed by atoms with van der Waals surface area (Å²) in [6, 6.07) is 0. The van der Waals surface area contributed by atoms with Gasteiger partial charge < -0.3 is 14.2 Å². The fraction of sp³-hybridized carbons (Fsp3) is 0.562. The number of rotatable bonds is 2. The minimum atomic E-state index is -0.0902. The maximum absolute atomic E-state index is 12.7. The van der Waals surface area contributed by atoms with Gasteiger partial charge in [0.1, 0.15) is 5.69 Å². The maximum atomic E-state index is 12.7. The molecule has 0 N–H and O–H groups in total. The molecule has 24 heavy (non-hydrogen) atoms. The maximum Gasteiger partial charge on any atom is 0.274 e. The van der Waals surface area contributed by atoms with Crippen LogP contribution in [0.15, 0.2) is 23.1 Å². The molecule has 0 saturated carbocycles. The van der Waals surface area contributed by atoms with Crippen LogP contribution in [0, 0.1) is 12.8 Å². The second-order valence-corrected chi connectivity index (χ2v) is 6.28. The van der Waals surface area contributed by atoms with Crippen LogP contribution in [-0.4, -0.2) is 56.7 Å². The molecule has 4 rings (SSSR count). The first-order valence-corrected chi connectivity index (χ1v) is 8.19. The van der Waals surface area contributed by atoms with Gasteiger partial charge >= 0.3 is 0 Å². The summed E-state index contributed by atoms with van der Waals surface area (Å²) >= 11 is 0. The predicted molar refractivity (Wildman–Crippen MR) is 82.2 cm³/mol. The van der Waals surface area contributed by atoms with Crippen molar-refractivity contribution in [3.63, 3.8) is 0 Å². The summed E-state index contributed by atoms with van der Waals surface area (Å²) in [5.41, 5.74) is 0.373. The van der Waals surface area contributed by atoms with Crippen molar-refractivity contribution < 1.29 is 14.1 Å². The number of likely N-dealkylation sites (tertiary alicyclic amines) is 1. The van der Waals surface area contributed by atoms with E-state index in [0.29, 0.717) is 37.1 Å². The van der Waals surface area contributed by atoms with Crippen LogP contribution < -0.4 is 0 Å². The number of aromatic nitrogens is 4. The molecule has 8 heteroatoms. The molecule has 1 amide bonds. The van der Waals surface area contributed by atoms with Gasteiger partial charge in [-0.05, 0) is 19.8 Å². The van der Waals surface area contributed by atoms with Gasteiger partial charge in [-0.15, -0.1) is 0 Å². The summed E-state index contributed by atoms with van der Waals surface area (Å²) in [5, 5.41) is 3.91. The summed E-state index contributed by atoms with van der Waals surface area (Å²) in [6.45, 7) is 3.76. The van der Waals surface area contributed by atoms with Crippen LogP contribution in [0.25, 0.3) is 0 Å². The Hall–Kier alpha value is -2.35. The monoisotopic (exact) mass is 329 g/mol. The normalized spacial score (nSPS) is 26.9. The Morgan fingerprint density at radius 1 is 1.33 bits per heavy atom. The minimum absolute atomic E-state index is 0.0902. The topological polar surface area (TPSA) is 94.2 Å². The molecule has 0 spiro atoms. The average Bonchev–Trinajstić information content (AvgIpc) is 3.07. The van der Waals surface area contributed by atoms with Gasteiger partial charge in [0, 0.05) is 43.9 Å². The molecule has 2 saturated heterocycles. The third-order valence-electron chi connectivity index (χ3n) is 4.80. The van der Waals surface area contributed by atoms with Gasteiger partial charge in [0.05, 0.1) is 12.3 Å². The molecule has 8 nitrogen and oxygen atoms in total. The van der Waals surface area contributed by atoms with Crippen LogP contribution in [0.4, 0.5) is 0 Å². The van der Waals surface area contributed by atoms with Crippen LogP contribution in [0.5, 0.6) is 0 Å². The molecule has 2 aliphatic rings. The van der Waals surface area contributed by atoms with E-state index in [9.17, 15) is 4.79 Å². The lowest BCUT2D eigenvalue weighted by Crippen LogP contribution is -2.51. The largest absolute Gasteiger partial charge is 0.378 e. The Bertz CT molecular complexity index is 720. The van der Waals surface area contributed by atoms with Crippen LogP contribution in [0.3, 0.4) is 0 Å². The number of piperidine rings is 1. The lowest BCUT2D eigenvalue weighted by molar-refractivity contribution is -0.0757. The van der Waals surface area contributed by atoms with Crippen molar-refractivity contribution >= 4 is 5.91 Å². The molecule has 3 atom stereocenters. The molecule has 2 aromatic rings. The summed E-state index contributed by atoms with van der Waals surface area (Å²) in [6.07, 6.45) is 6.36. The van der Waals surface area contributed by atoms with E-state index in [1.165, 1.54) is 12.4 Å². The number of carbonyl (C=O) groups is 1. The molecule has 126 valence electrons. The highest BCUT2D eigenvalue weighted by Gasteiger charge is 2.42. The molecule has 2 aromatic heterocycles. The number of fused-ring (bicyclic) bond motifs is 1. The third kappa shape index (κ3) is 2.77. The summed E-state index contributed by atoms with van der Waals surface area (Å²) < 4.78 is 11.3. The molecule has 0 aliphatic carbocycles. The van der Waals surface area contributed by atoms with Crippen LogP contribution in [-0.2, 0) is 4.74 Å². The van der Waals surface area contributed by atoms with E-state index in [4.69, 9.17) is 9.26 Å². The summed E-state index contributed by atoms with van der Waals surface area (Å²) in [4.78, 5) is 27.0. The second kappa shape index (κ2) is 6.27. The van der Waals surface area contributed by atoms with E-state index in [1.807, 2.05) is 11.8 Å². The Kier molecular flexibility index (Phi) is 3.97. The number of aryl methyl sites for hydroxylation is 1. The Morgan fingerprint density at radius 2 is 2.25 bits per heavy atom. The van der Waals surface area contributed by atoms with Gasteiger partial charge in [0.25, 0.3) is 5.91 Å². The Labute approximate surface area is 139 Å². The molecular formula is C16H19N5O3. The van der Waals surface area contributed by atoms with E-state index in [1.54, 1.807) is 6.20 Å². The standard InChI is InChI=1S/C16H19N5O3/c1-10-19-15(24-20-10)11-3-7-23-14-2-6-21(9-12(11)14)16(22)13-8-17-4-5-18-13/h4-5,8,11-12,14H,2-3,6-7,9H2,1H3/t11-,12-,14-/m1/s1. The third-order valence-corrected chi connectivity index (χ3v) is 4.80. The van der Waals surface area contributed by atoms with E-state index in [0.717, 1.165) is 12.8 Å². The fourth-order valence-electron chi connectivity index (χ4n) is 3.64. The lowest BCUT2D eigenvalue weighted by Gasteiger charge is -2.43. The van der Waals surface area contributed by atoms with Crippen molar-refractivity contribution in [2.24, 2.45) is 5.92 Å². The number of amides is 1. The van der Waals surface area contributed by atoms with Gasteiger partial charge in [-0.3, -0.25) is 9.78 Å². The summed E-state index contributed by atoms with van der Waals surface area (Å²) in [7, 11) is 0. The molecule has 0 aromatic carbocycles. The van der Waals surface area contributed by atoms with Crippen molar-refractivity contribution in [3.8, 4) is 0 Å². The van der Waals surface area contributed by atoms with Crippen molar-refractivity contribution in [1.82, 2.24) is 25.0 Å². The highest BCUT2D eigenvalue weighted by molar-refractivity contribution is 5.92. The fourth-order valence-corrected chi connectivity index (χ4v) is 3.64.